The van der Waals surface area contributed by atoms with Crippen molar-refractivity contribution in [2.45, 2.75) is 44.2 Å². The van der Waals surface area contributed by atoms with Crippen molar-refractivity contribution < 1.29 is 24.3 Å². The van der Waals surface area contributed by atoms with Gasteiger partial charge in [-0.05, 0) is 41.7 Å². The first-order valence-corrected chi connectivity index (χ1v) is 11.4. The quantitative estimate of drug-likeness (QED) is 0.632. The van der Waals surface area contributed by atoms with Crippen molar-refractivity contribution in [1.29, 1.82) is 0 Å². The molecule has 0 aromatic heterocycles. The molecular weight excluding hydrogens is 444 g/mol. The summed E-state index contributed by atoms with van der Waals surface area (Å²) >= 11 is 5.96. The molecule has 33 heavy (non-hydrogen) atoms. The van der Waals surface area contributed by atoms with Crippen LogP contribution in [0.4, 0.5) is 0 Å². The fourth-order valence-electron chi connectivity index (χ4n) is 4.89. The number of ketones is 1. The highest BCUT2D eigenvalue weighted by molar-refractivity contribution is 6.30. The fourth-order valence-corrected chi connectivity index (χ4v) is 5.01. The van der Waals surface area contributed by atoms with Crippen LogP contribution < -0.4 is 5.32 Å². The summed E-state index contributed by atoms with van der Waals surface area (Å²) in [6.07, 6.45) is 3.61. The lowest BCUT2D eigenvalue weighted by atomic mass is 9.77. The van der Waals surface area contributed by atoms with E-state index in [9.17, 15) is 19.2 Å². The molecule has 0 radical (unpaired) electrons. The molecule has 0 bridgehead atoms. The van der Waals surface area contributed by atoms with Crippen LogP contribution in [-0.4, -0.2) is 45.7 Å². The summed E-state index contributed by atoms with van der Waals surface area (Å²) in [7, 11) is 0. The van der Waals surface area contributed by atoms with E-state index in [1.165, 1.54) is 0 Å². The van der Waals surface area contributed by atoms with Gasteiger partial charge in [0.05, 0.1) is 0 Å². The predicted octanol–water partition coefficient (Wildman–Crippen LogP) is 3.44. The molecule has 2 N–H and O–H groups in total. The molecule has 2 aromatic carbocycles. The van der Waals surface area contributed by atoms with Crippen LogP contribution in [0.5, 0.6) is 0 Å². The van der Waals surface area contributed by atoms with Gasteiger partial charge in [-0.3, -0.25) is 19.2 Å². The van der Waals surface area contributed by atoms with Crippen molar-refractivity contribution >= 4 is 35.2 Å². The number of carbonyl (C=O) groups is 4. The van der Waals surface area contributed by atoms with Crippen LogP contribution >= 0.6 is 11.6 Å². The number of aliphatic carboxylic acids is 1. The Morgan fingerprint density at radius 2 is 1.55 bits per heavy atom. The van der Waals surface area contributed by atoms with E-state index < -0.39 is 41.6 Å². The molecule has 1 saturated carbocycles. The zero-order valence-corrected chi connectivity index (χ0v) is 18.8. The Bertz CT molecular complexity index is 1070. The molecule has 1 aliphatic heterocycles. The summed E-state index contributed by atoms with van der Waals surface area (Å²) in [5, 5.41) is 11.7. The van der Waals surface area contributed by atoms with Gasteiger partial charge < -0.3 is 15.3 Å². The normalized spacial score (nSPS) is 19.7. The monoisotopic (exact) mass is 468 g/mol. The smallest absolute Gasteiger partial charge is 0.322 e. The van der Waals surface area contributed by atoms with Crippen molar-refractivity contribution in [3.63, 3.8) is 0 Å². The van der Waals surface area contributed by atoms with Crippen LogP contribution in [0.3, 0.4) is 0 Å². The van der Waals surface area contributed by atoms with Gasteiger partial charge in [-0.1, -0.05) is 67.3 Å². The van der Waals surface area contributed by atoms with Gasteiger partial charge in [-0.2, -0.15) is 0 Å². The maximum absolute atomic E-state index is 13.4. The molecule has 7 nitrogen and oxygen atoms in total. The third-order valence-electron chi connectivity index (χ3n) is 6.58. The second-order valence-electron chi connectivity index (χ2n) is 8.63. The van der Waals surface area contributed by atoms with Crippen LogP contribution in [0.2, 0.25) is 5.02 Å². The van der Waals surface area contributed by atoms with Crippen LogP contribution in [-0.2, 0) is 25.7 Å². The van der Waals surface area contributed by atoms with Crippen LogP contribution in [0.15, 0.2) is 48.5 Å². The molecule has 1 saturated heterocycles. The third kappa shape index (κ3) is 4.50. The minimum atomic E-state index is -1.49. The molecule has 1 atom stereocenters. The highest BCUT2D eigenvalue weighted by Gasteiger charge is 2.60. The van der Waals surface area contributed by atoms with E-state index in [4.69, 9.17) is 16.7 Å². The topological polar surface area (TPSA) is 104 Å². The zero-order valence-electron chi connectivity index (χ0n) is 18.1. The number of hydrogen-bond acceptors (Lipinski definition) is 4. The van der Waals surface area contributed by atoms with Crippen molar-refractivity contribution in [2.24, 2.45) is 5.92 Å². The van der Waals surface area contributed by atoms with E-state index in [2.05, 4.69) is 5.32 Å². The van der Waals surface area contributed by atoms with E-state index in [0.29, 0.717) is 17.9 Å². The summed E-state index contributed by atoms with van der Waals surface area (Å²) in [6.45, 7) is -0.413. The Hall–Kier alpha value is -3.19. The van der Waals surface area contributed by atoms with Gasteiger partial charge in [0.1, 0.15) is 12.1 Å². The number of nitrogens with zero attached hydrogens (tertiary/aromatic N) is 1. The number of rotatable bonds is 6. The summed E-state index contributed by atoms with van der Waals surface area (Å²) in [4.78, 5) is 51.6. The van der Waals surface area contributed by atoms with Crippen LogP contribution in [0, 0.1) is 5.92 Å². The molecular formula is C25H25ClN2O5. The minimum absolute atomic E-state index is 0.216. The minimum Gasteiger partial charge on any atom is -0.480 e. The average molecular weight is 469 g/mol. The number of halogens is 1. The number of carboxylic acids is 1. The maximum Gasteiger partial charge on any atom is 0.322 e. The Balaban J connectivity index is 1.58. The molecule has 8 heteroatoms. The van der Waals surface area contributed by atoms with Crippen molar-refractivity contribution in [3.05, 3.63) is 59.1 Å². The Morgan fingerprint density at radius 1 is 0.970 bits per heavy atom. The molecule has 1 aliphatic carbocycles. The standard InChI is InChI=1S/C25H25ClN2O5/c26-19-10-8-18(9-11-19)17-6-4-16(5-7-17)15-28-24(33)21(23(32)27-14-20(29)30)22(31)25(28)12-2-1-3-13-25/h4-11,21H,1-3,12-15H2,(H,27,32)(H,29,30). The molecule has 2 aromatic rings. The van der Waals surface area contributed by atoms with Gasteiger partial charge in [0.25, 0.3) is 0 Å². The number of likely N-dealkylation sites (tertiary alicyclic amines) is 1. The van der Waals surface area contributed by atoms with Gasteiger partial charge in [-0.15, -0.1) is 0 Å². The first-order valence-electron chi connectivity index (χ1n) is 11.0. The van der Waals surface area contributed by atoms with Crippen LogP contribution in [0.25, 0.3) is 11.1 Å². The van der Waals surface area contributed by atoms with Crippen LogP contribution in [0.1, 0.15) is 37.7 Å². The fraction of sp³-hybridized carbons (Fsp3) is 0.360. The molecule has 1 spiro atoms. The lowest BCUT2D eigenvalue weighted by molar-refractivity contribution is -0.143. The van der Waals surface area contributed by atoms with E-state index in [1.807, 2.05) is 48.5 Å². The van der Waals surface area contributed by atoms with Gasteiger partial charge in [-0.25, -0.2) is 0 Å². The highest BCUT2D eigenvalue weighted by atomic mass is 35.5. The third-order valence-corrected chi connectivity index (χ3v) is 6.83. The number of hydrogen-bond donors (Lipinski definition) is 2. The Labute approximate surface area is 196 Å². The largest absolute Gasteiger partial charge is 0.480 e. The molecule has 1 unspecified atom stereocenters. The number of amides is 2. The number of nitrogens with one attached hydrogen (secondary N) is 1. The first-order chi connectivity index (χ1) is 15.8. The second-order valence-corrected chi connectivity index (χ2v) is 9.07. The first kappa shape index (κ1) is 23.0. The predicted molar refractivity (Wildman–Crippen MR) is 122 cm³/mol. The van der Waals surface area contributed by atoms with E-state index in [1.54, 1.807) is 4.90 Å². The molecule has 2 aliphatic rings. The molecule has 4 rings (SSSR count). The van der Waals surface area contributed by atoms with Crippen molar-refractivity contribution in [2.75, 3.05) is 6.54 Å². The number of carboxylic acid groups (broad SMARTS) is 1. The summed E-state index contributed by atoms with van der Waals surface area (Å²) < 4.78 is 0. The number of carbonyl (C=O) groups excluding carboxylic acids is 3. The molecule has 2 amide bonds. The van der Waals surface area contributed by atoms with Gasteiger partial charge in [0, 0.05) is 11.6 Å². The number of Topliss-reactive ketones (excluding diaryl/α,β-unsaturated/α-hetero) is 1. The lowest BCUT2D eigenvalue weighted by Crippen LogP contribution is -2.50. The number of benzene rings is 2. The summed E-state index contributed by atoms with van der Waals surface area (Å²) in [5.74, 6) is -4.51. The van der Waals surface area contributed by atoms with Gasteiger partial charge in [0.15, 0.2) is 11.7 Å². The Kier molecular flexibility index (Phi) is 6.51. The Morgan fingerprint density at radius 3 is 2.12 bits per heavy atom. The molecule has 1 heterocycles. The SMILES string of the molecule is O=C(O)CNC(=O)C1C(=O)N(Cc2ccc(-c3ccc(Cl)cc3)cc2)C2(CCCCC2)C1=O. The van der Waals surface area contributed by atoms with Gasteiger partial charge >= 0.3 is 5.97 Å². The summed E-state index contributed by atoms with van der Waals surface area (Å²) in [6, 6.07) is 15.2. The molecule has 172 valence electrons. The van der Waals surface area contributed by atoms with E-state index >= 15 is 0 Å². The second kappa shape index (κ2) is 9.35. The van der Waals surface area contributed by atoms with Gasteiger partial charge in [0.2, 0.25) is 11.8 Å². The van der Waals surface area contributed by atoms with Crippen molar-refractivity contribution in [3.8, 4) is 11.1 Å². The maximum atomic E-state index is 13.4. The lowest BCUT2D eigenvalue weighted by Gasteiger charge is -2.40. The highest BCUT2D eigenvalue weighted by Crippen LogP contribution is 2.43. The van der Waals surface area contributed by atoms with E-state index in [0.717, 1.165) is 36.0 Å². The zero-order chi connectivity index (χ0) is 23.6. The van der Waals surface area contributed by atoms with E-state index in [-0.39, 0.29) is 6.54 Å². The molecule has 2 fully saturated rings. The van der Waals surface area contributed by atoms with Crippen molar-refractivity contribution in [1.82, 2.24) is 10.2 Å². The average Bonchev–Trinajstić information content (AvgIpc) is 3.00. The summed E-state index contributed by atoms with van der Waals surface area (Å²) in [5.41, 5.74) is 1.86.